The standard InChI is InChI=1S/C7H13N/c1-8-6-2-3-7-4-5-7/h2,6-8H,3-5H2,1H3. The summed E-state index contributed by atoms with van der Waals surface area (Å²) >= 11 is 0. The molecule has 0 unspecified atom stereocenters. The largest absolute Gasteiger partial charge is 0.394 e. The number of allylic oxidation sites excluding steroid dienone is 1. The van der Waals surface area contributed by atoms with E-state index in [0.29, 0.717) is 0 Å². The van der Waals surface area contributed by atoms with Crippen LogP contribution in [0.25, 0.3) is 0 Å². The maximum absolute atomic E-state index is 2.97. The molecule has 8 heavy (non-hydrogen) atoms. The molecule has 1 aliphatic rings. The number of nitrogens with one attached hydrogen (secondary N) is 1. The topological polar surface area (TPSA) is 12.0 Å². The highest BCUT2D eigenvalue weighted by atomic mass is 14.8. The smallest absolute Gasteiger partial charge is 0.00276 e. The van der Waals surface area contributed by atoms with E-state index in [-0.39, 0.29) is 0 Å². The second-order valence-electron chi connectivity index (χ2n) is 2.37. The summed E-state index contributed by atoms with van der Waals surface area (Å²) in [5.41, 5.74) is 0. The third kappa shape index (κ3) is 2.01. The van der Waals surface area contributed by atoms with Gasteiger partial charge in [0.2, 0.25) is 0 Å². The van der Waals surface area contributed by atoms with Gasteiger partial charge >= 0.3 is 0 Å². The first kappa shape index (κ1) is 5.67. The monoisotopic (exact) mass is 111 g/mol. The SMILES string of the molecule is CNC=CCC1CC1. The molecule has 1 saturated carbocycles. The molecular weight excluding hydrogens is 98.1 g/mol. The molecule has 0 amide bonds. The van der Waals surface area contributed by atoms with E-state index in [1.54, 1.807) is 0 Å². The summed E-state index contributed by atoms with van der Waals surface area (Å²) in [4.78, 5) is 0. The zero-order valence-corrected chi connectivity index (χ0v) is 5.35. The molecule has 0 aromatic carbocycles. The number of hydrogen-bond acceptors (Lipinski definition) is 1. The van der Waals surface area contributed by atoms with Crippen molar-refractivity contribution in [2.45, 2.75) is 19.3 Å². The van der Waals surface area contributed by atoms with Crippen molar-refractivity contribution in [1.29, 1.82) is 0 Å². The van der Waals surface area contributed by atoms with Gasteiger partial charge in [0.25, 0.3) is 0 Å². The van der Waals surface area contributed by atoms with Gasteiger partial charge in [0.05, 0.1) is 0 Å². The summed E-state index contributed by atoms with van der Waals surface area (Å²) in [7, 11) is 1.93. The Balaban J connectivity index is 1.93. The van der Waals surface area contributed by atoms with Gasteiger partial charge in [-0.3, -0.25) is 0 Å². The first-order chi connectivity index (χ1) is 3.93. The van der Waals surface area contributed by atoms with Gasteiger partial charge in [0.1, 0.15) is 0 Å². The average Bonchev–Trinajstić information content (AvgIpc) is 2.51. The van der Waals surface area contributed by atoms with Crippen LogP contribution in [0.4, 0.5) is 0 Å². The van der Waals surface area contributed by atoms with E-state index in [1.807, 2.05) is 13.2 Å². The molecule has 0 aromatic heterocycles. The van der Waals surface area contributed by atoms with Gasteiger partial charge in [-0.05, 0) is 31.4 Å². The lowest BCUT2D eigenvalue weighted by atomic mass is 10.3. The third-order valence-electron chi connectivity index (χ3n) is 1.45. The molecule has 0 aromatic rings. The molecule has 0 spiro atoms. The van der Waals surface area contributed by atoms with E-state index in [1.165, 1.54) is 19.3 Å². The molecule has 0 aliphatic heterocycles. The summed E-state index contributed by atoms with van der Waals surface area (Å²) in [6.07, 6.45) is 8.40. The molecule has 1 rings (SSSR count). The van der Waals surface area contributed by atoms with Crippen molar-refractivity contribution in [3.63, 3.8) is 0 Å². The van der Waals surface area contributed by atoms with E-state index in [4.69, 9.17) is 0 Å². The predicted molar refractivity (Wildman–Crippen MR) is 35.5 cm³/mol. The molecule has 1 fully saturated rings. The quantitative estimate of drug-likeness (QED) is 0.582. The fourth-order valence-electron chi connectivity index (χ4n) is 0.732. The van der Waals surface area contributed by atoms with Crippen LogP contribution < -0.4 is 5.32 Å². The molecular formula is C7H13N. The van der Waals surface area contributed by atoms with Crippen LogP contribution in [0.5, 0.6) is 0 Å². The molecule has 1 nitrogen and oxygen atoms in total. The summed E-state index contributed by atoms with van der Waals surface area (Å²) < 4.78 is 0. The zero-order chi connectivity index (χ0) is 5.82. The van der Waals surface area contributed by atoms with Crippen LogP contribution in [-0.4, -0.2) is 7.05 Å². The van der Waals surface area contributed by atoms with Crippen LogP contribution in [-0.2, 0) is 0 Å². The minimum Gasteiger partial charge on any atom is -0.394 e. The molecule has 46 valence electrons. The molecule has 1 heteroatoms. The summed E-state index contributed by atoms with van der Waals surface area (Å²) in [5, 5.41) is 2.97. The van der Waals surface area contributed by atoms with Crippen LogP contribution in [0.15, 0.2) is 12.3 Å². The second kappa shape index (κ2) is 2.75. The van der Waals surface area contributed by atoms with Crippen molar-refractivity contribution in [2.24, 2.45) is 5.92 Å². The van der Waals surface area contributed by atoms with Gasteiger partial charge in [0.15, 0.2) is 0 Å². The molecule has 0 heterocycles. The Morgan fingerprint density at radius 2 is 2.38 bits per heavy atom. The van der Waals surface area contributed by atoms with Gasteiger partial charge in [-0.15, -0.1) is 0 Å². The van der Waals surface area contributed by atoms with Gasteiger partial charge in [-0.25, -0.2) is 0 Å². The lowest BCUT2D eigenvalue weighted by molar-refractivity contribution is 0.855. The van der Waals surface area contributed by atoms with Crippen molar-refractivity contribution >= 4 is 0 Å². The lowest BCUT2D eigenvalue weighted by Crippen LogP contribution is -1.90. The highest BCUT2D eigenvalue weighted by Crippen LogP contribution is 2.32. The van der Waals surface area contributed by atoms with Gasteiger partial charge in [-0.2, -0.15) is 0 Å². The van der Waals surface area contributed by atoms with Crippen LogP contribution in [0, 0.1) is 5.92 Å². The molecule has 0 saturated heterocycles. The summed E-state index contributed by atoms with van der Waals surface area (Å²) in [6, 6.07) is 0. The van der Waals surface area contributed by atoms with Gasteiger partial charge in [0, 0.05) is 7.05 Å². The summed E-state index contributed by atoms with van der Waals surface area (Å²) in [6.45, 7) is 0. The van der Waals surface area contributed by atoms with E-state index >= 15 is 0 Å². The average molecular weight is 111 g/mol. The summed E-state index contributed by atoms with van der Waals surface area (Å²) in [5.74, 6) is 1.03. The number of hydrogen-bond donors (Lipinski definition) is 1. The highest BCUT2D eigenvalue weighted by molar-refractivity contribution is 4.86. The van der Waals surface area contributed by atoms with Crippen LogP contribution in [0.1, 0.15) is 19.3 Å². The van der Waals surface area contributed by atoms with Crippen LogP contribution >= 0.6 is 0 Å². The lowest BCUT2D eigenvalue weighted by Gasteiger charge is -1.85. The van der Waals surface area contributed by atoms with E-state index in [0.717, 1.165) is 5.92 Å². The van der Waals surface area contributed by atoms with Gasteiger partial charge < -0.3 is 5.32 Å². The second-order valence-corrected chi connectivity index (χ2v) is 2.37. The minimum atomic E-state index is 1.03. The first-order valence-electron chi connectivity index (χ1n) is 3.26. The third-order valence-corrected chi connectivity index (χ3v) is 1.45. The normalized spacial score (nSPS) is 19.6. The first-order valence-corrected chi connectivity index (χ1v) is 3.26. The van der Waals surface area contributed by atoms with Crippen molar-refractivity contribution in [2.75, 3.05) is 7.05 Å². The Hall–Kier alpha value is -0.460. The fourth-order valence-corrected chi connectivity index (χ4v) is 0.732. The molecule has 1 aliphatic carbocycles. The maximum atomic E-state index is 2.97. The molecule has 0 radical (unpaired) electrons. The molecule has 0 bridgehead atoms. The zero-order valence-electron chi connectivity index (χ0n) is 5.35. The maximum Gasteiger partial charge on any atom is 0.00276 e. The Labute approximate surface area is 50.8 Å². The number of rotatable bonds is 3. The van der Waals surface area contributed by atoms with Crippen molar-refractivity contribution < 1.29 is 0 Å². The Morgan fingerprint density at radius 1 is 1.62 bits per heavy atom. The van der Waals surface area contributed by atoms with E-state index in [9.17, 15) is 0 Å². The minimum absolute atomic E-state index is 1.03. The molecule has 1 N–H and O–H groups in total. The van der Waals surface area contributed by atoms with E-state index < -0.39 is 0 Å². The predicted octanol–water partition coefficient (Wildman–Crippen LogP) is 1.52. The van der Waals surface area contributed by atoms with Crippen molar-refractivity contribution in [3.05, 3.63) is 12.3 Å². The van der Waals surface area contributed by atoms with Crippen molar-refractivity contribution in [3.8, 4) is 0 Å². The van der Waals surface area contributed by atoms with Crippen LogP contribution in [0.3, 0.4) is 0 Å². The van der Waals surface area contributed by atoms with Gasteiger partial charge in [-0.1, -0.05) is 6.08 Å². The highest BCUT2D eigenvalue weighted by Gasteiger charge is 2.18. The van der Waals surface area contributed by atoms with Crippen LogP contribution in [0.2, 0.25) is 0 Å². The Morgan fingerprint density at radius 3 is 2.88 bits per heavy atom. The van der Waals surface area contributed by atoms with E-state index in [2.05, 4.69) is 11.4 Å². The Kier molecular flexibility index (Phi) is 1.95. The molecule has 0 atom stereocenters. The Bertz CT molecular complexity index is 82.4. The fraction of sp³-hybridized carbons (Fsp3) is 0.714. The van der Waals surface area contributed by atoms with Crippen molar-refractivity contribution in [1.82, 2.24) is 5.32 Å².